The van der Waals surface area contributed by atoms with Crippen molar-refractivity contribution in [1.29, 1.82) is 0 Å². The molecule has 0 aliphatic carbocycles. The lowest BCUT2D eigenvalue weighted by atomic mass is 9.91. The fourth-order valence-electron chi connectivity index (χ4n) is 2.95. The molecule has 96 valence electrons. The van der Waals surface area contributed by atoms with Crippen molar-refractivity contribution in [2.24, 2.45) is 0 Å². The normalized spacial score (nSPS) is 15.9. The molecule has 2 heterocycles. The summed E-state index contributed by atoms with van der Waals surface area (Å²) >= 11 is 4.32. The van der Waals surface area contributed by atoms with Crippen LogP contribution in [0.5, 0.6) is 11.5 Å². The maximum atomic E-state index is 11.9. The van der Waals surface area contributed by atoms with Crippen molar-refractivity contribution < 1.29 is 14.3 Å². The molecule has 0 saturated carbocycles. The Hall–Kier alpha value is -1.16. The molecule has 3 nitrogen and oxygen atoms in total. The lowest BCUT2D eigenvalue weighted by molar-refractivity contribution is 0.101. The summed E-state index contributed by atoms with van der Waals surface area (Å²) in [6, 6.07) is 0. The van der Waals surface area contributed by atoms with Gasteiger partial charge in [0.2, 0.25) is 0 Å². The highest BCUT2D eigenvalue weighted by atomic mass is 32.1. The molecule has 18 heavy (non-hydrogen) atoms. The van der Waals surface area contributed by atoms with Gasteiger partial charge in [0, 0.05) is 29.5 Å². The molecule has 4 heteroatoms. The van der Waals surface area contributed by atoms with E-state index in [2.05, 4.69) is 12.6 Å². The van der Waals surface area contributed by atoms with Gasteiger partial charge >= 0.3 is 0 Å². The molecule has 0 saturated heterocycles. The van der Waals surface area contributed by atoms with Crippen LogP contribution in [-0.2, 0) is 19.3 Å². The van der Waals surface area contributed by atoms with E-state index in [9.17, 15) is 4.79 Å². The maximum absolute atomic E-state index is 11.9. The summed E-state index contributed by atoms with van der Waals surface area (Å²) in [7, 11) is 0. The number of hydrogen-bond donors (Lipinski definition) is 1. The number of ether oxygens (including phenoxy) is 2. The average Bonchev–Trinajstić information content (AvgIpc) is 2.96. The summed E-state index contributed by atoms with van der Waals surface area (Å²) in [4.78, 5) is 11.9. The largest absolute Gasteiger partial charge is 0.493 e. The molecular weight excluding hydrogens is 248 g/mol. The Morgan fingerprint density at radius 2 is 1.83 bits per heavy atom. The minimum atomic E-state index is 0.0762. The first-order chi connectivity index (χ1) is 8.74. The van der Waals surface area contributed by atoms with Crippen molar-refractivity contribution in [2.75, 3.05) is 19.0 Å². The Kier molecular flexibility index (Phi) is 2.98. The molecule has 0 bridgehead atoms. The predicted octanol–water partition coefficient (Wildman–Crippen LogP) is 2.23. The maximum Gasteiger partial charge on any atom is 0.163 e. The van der Waals surface area contributed by atoms with E-state index in [0.717, 1.165) is 53.2 Å². The molecule has 0 amide bonds. The number of fused-ring (bicyclic) bond motifs is 2. The minimum Gasteiger partial charge on any atom is -0.493 e. The summed E-state index contributed by atoms with van der Waals surface area (Å²) < 4.78 is 11.5. The van der Waals surface area contributed by atoms with Crippen LogP contribution in [0.2, 0.25) is 0 Å². The first-order valence-electron chi connectivity index (χ1n) is 6.32. The van der Waals surface area contributed by atoms with E-state index in [0.29, 0.717) is 13.2 Å². The number of hydrogen-bond acceptors (Lipinski definition) is 4. The van der Waals surface area contributed by atoms with Gasteiger partial charge in [0.15, 0.2) is 5.78 Å². The predicted molar refractivity (Wildman–Crippen MR) is 72.4 cm³/mol. The van der Waals surface area contributed by atoms with Crippen LogP contribution in [-0.4, -0.2) is 24.7 Å². The third-order valence-electron chi connectivity index (χ3n) is 3.63. The Balaban J connectivity index is 2.28. The number of thiol groups is 1. The zero-order valence-corrected chi connectivity index (χ0v) is 11.3. The van der Waals surface area contributed by atoms with E-state index in [1.807, 2.05) is 0 Å². The van der Waals surface area contributed by atoms with E-state index in [-0.39, 0.29) is 5.78 Å². The quantitative estimate of drug-likeness (QED) is 0.671. The third kappa shape index (κ3) is 1.62. The molecule has 3 rings (SSSR count). The van der Waals surface area contributed by atoms with Gasteiger partial charge in [-0.05, 0) is 19.1 Å². The van der Waals surface area contributed by atoms with Crippen LogP contribution in [0.15, 0.2) is 0 Å². The fraction of sp³-hybridized carbons (Fsp3) is 0.500. The molecule has 0 radical (unpaired) electrons. The molecule has 0 spiro atoms. The number of carbonyl (C=O) groups is 1. The minimum absolute atomic E-state index is 0.0762. The molecular formula is C14H16O3S. The molecule has 1 aromatic rings. The molecule has 0 atom stereocenters. The van der Waals surface area contributed by atoms with Crippen LogP contribution < -0.4 is 9.47 Å². The monoisotopic (exact) mass is 264 g/mol. The lowest BCUT2D eigenvalue weighted by Crippen LogP contribution is -2.05. The van der Waals surface area contributed by atoms with Crippen molar-refractivity contribution in [3.63, 3.8) is 0 Å². The molecule has 0 N–H and O–H groups in total. The molecule has 0 unspecified atom stereocenters. The zero-order chi connectivity index (χ0) is 12.7. The van der Waals surface area contributed by atoms with Gasteiger partial charge in [0.25, 0.3) is 0 Å². The fourth-order valence-corrected chi connectivity index (χ4v) is 3.18. The Bertz CT molecular complexity index is 487. The summed E-state index contributed by atoms with van der Waals surface area (Å²) in [6.45, 7) is 2.93. The Morgan fingerprint density at radius 3 is 2.50 bits per heavy atom. The van der Waals surface area contributed by atoms with Crippen molar-refractivity contribution >= 4 is 18.4 Å². The van der Waals surface area contributed by atoms with Crippen LogP contribution in [0.3, 0.4) is 0 Å². The van der Waals surface area contributed by atoms with Crippen molar-refractivity contribution in [3.8, 4) is 11.5 Å². The van der Waals surface area contributed by atoms with Crippen LogP contribution in [0.1, 0.15) is 34.0 Å². The molecule has 2 aliphatic heterocycles. The second kappa shape index (κ2) is 4.50. The van der Waals surface area contributed by atoms with Crippen molar-refractivity contribution in [2.45, 2.75) is 26.2 Å². The Morgan fingerprint density at radius 1 is 1.17 bits per heavy atom. The van der Waals surface area contributed by atoms with Gasteiger partial charge in [-0.3, -0.25) is 4.79 Å². The summed E-state index contributed by atoms with van der Waals surface area (Å²) in [5, 5.41) is 0. The number of rotatable bonds is 3. The van der Waals surface area contributed by atoms with Gasteiger partial charge < -0.3 is 9.47 Å². The molecule has 0 fully saturated rings. The molecule has 0 aromatic heterocycles. The highest BCUT2D eigenvalue weighted by Crippen LogP contribution is 2.44. The standard InChI is InChI=1S/C14H16O3S/c1-8(15)12-11-3-6-16-13(11)10(4-7-18)9-2-5-17-14(9)12/h18H,2-7H2,1H3. The second-order valence-corrected chi connectivity index (χ2v) is 5.14. The van der Waals surface area contributed by atoms with Gasteiger partial charge in [-0.15, -0.1) is 0 Å². The first kappa shape index (κ1) is 11.9. The van der Waals surface area contributed by atoms with E-state index in [1.165, 1.54) is 5.56 Å². The van der Waals surface area contributed by atoms with Crippen LogP contribution >= 0.6 is 12.6 Å². The van der Waals surface area contributed by atoms with Crippen molar-refractivity contribution in [3.05, 3.63) is 22.3 Å². The number of benzene rings is 1. The van der Waals surface area contributed by atoms with Crippen LogP contribution in [0, 0.1) is 0 Å². The summed E-state index contributed by atoms with van der Waals surface area (Å²) in [5.74, 6) is 2.59. The van der Waals surface area contributed by atoms with Crippen LogP contribution in [0.25, 0.3) is 0 Å². The summed E-state index contributed by atoms with van der Waals surface area (Å²) in [5.41, 5.74) is 4.16. The molecule has 1 aromatic carbocycles. The SMILES string of the molecule is CC(=O)c1c2c(c(CCS)c3c1OCC3)OCC2. The van der Waals surface area contributed by atoms with E-state index >= 15 is 0 Å². The van der Waals surface area contributed by atoms with Crippen LogP contribution in [0.4, 0.5) is 0 Å². The smallest absolute Gasteiger partial charge is 0.163 e. The Labute approximate surface area is 112 Å². The highest BCUT2D eigenvalue weighted by molar-refractivity contribution is 7.80. The average molecular weight is 264 g/mol. The van der Waals surface area contributed by atoms with Crippen molar-refractivity contribution in [1.82, 2.24) is 0 Å². The second-order valence-electron chi connectivity index (χ2n) is 4.70. The first-order valence-corrected chi connectivity index (χ1v) is 6.95. The number of carbonyl (C=O) groups excluding carboxylic acids is 1. The highest BCUT2D eigenvalue weighted by Gasteiger charge is 2.32. The number of Topliss-reactive ketones (excluding diaryl/α,β-unsaturated/α-hetero) is 1. The lowest BCUT2D eigenvalue weighted by Gasteiger charge is -2.15. The van der Waals surface area contributed by atoms with Gasteiger partial charge in [-0.2, -0.15) is 12.6 Å². The van der Waals surface area contributed by atoms with E-state index in [1.54, 1.807) is 6.92 Å². The van der Waals surface area contributed by atoms with Gasteiger partial charge in [-0.1, -0.05) is 0 Å². The topological polar surface area (TPSA) is 35.5 Å². The number of ketones is 1. The third-order valence-corrected chi connectivity index (χ3v) is 3.85. The summed E-state index contributed by atoms with van der Waals surface area (Å²) in [6.07, 6.45) is 2.55. The van der Waals surface area contributed by atoms with E-state index < -0.39 is 0 Å². The van der Waals surface area contributed by atoms with E-state index in [4.69, 9.17) is 9.47 Å². The van der Waals surface area contributed by atoms with Gasteiger partial charge in [0.05, 0.1) is 18.8 Å². The zero-order valence-electron chi connectivity index (χ0n) is 10.4. The van der Waals surface area contributed by atoms with Gasteiger partial charge in [-0.25, -0.2) is 0 Å². The van der Waals surface area contributed by atoms with Gasteiger partial charge in [0.1, 0.15) is 11.5 Å². The molecule has 2 aliphatic rings.